The van der Waals surface area contributed by atoms with Crippen LogP contribution in [0, 0.1) is 0 Å². The van der Waals surface area contributed by atoms with Gasteiger partial charge in [0.25, 0.3) is 0 Å². The summed E-state index contributed by atoms with van der Waals surface area (Å²) in [5.74, 6) is 1.25. The second-order valence-electron chi connectivity index (χ2n) is 6.83. The predicted octanol–water partition coefficient (Wildman–Crippen LogP) is 6.03. The van der Waals surface area contributed by atoms with Crippen molar-refractivity contribution < 1.29 is 14.7 Å². The number of aliphatic hydroxyl groups excluding tert-OH is 1. The van der Waals surface area contributed by atoms with Gasteiger partial charge < -0.3 is 9.94 Å². The number of carbonyl (C=O) groups is 1. The number of nitrogens with zero attached hydrogens (tertiary/aromatic N) is 1. The van der Waals surface area contributed by atoms with Crippen molar-refractivity contribution in [1.82, 2.24) is 0 Å². The summed E-state index contributed by atoms with van der Waals surface area (Å²) in [5.41, 5.74) is 2.05. The van der Waals surface area contributed by atoms with Crippen LogP contribution in [0.5, 0.6) is 0 Å². The van der Waals surface area contributed by atoms with Gasteiger partial charge in [-0.25, -0.2) is 0 Å². The molecule has 0 aliphatic heterocycles. The number of thioether (sulfide) groups is 1. The largest absolute Gasteiger partial charge is 0.511 e. The monoisotopic (exact) mass is 389 g/mol. The minimum absolute atomic E-state index is 0.0194. The topological polar surface area (TPSA) is 58.9 Å². The molecule has 0 aromatic heterocycles. The molecule has 0 spiro atoms. The Morgan fingerprint density at radius 1 is 1.19 bits per heavy atom. The highest BCUT2D eigenvalue weighted by Crippen LogP contribution is 2.35. The molecule has 0 saturated heterocycles. The van der Waals surface area contributed by atoms with Crippen LogP contribution in [-0.2, 0) is 9.63 Å². The zero-order chi connectivity index (χ0) is 19.6. The lowest BCUT2D eigenvalue weighted by molar-refractivity contribution is -0.116. The molecule has 2 rings (SSSR count). The number of carbonyl (C=O) groups excluding carboxylic acids is 1. The Labute approximate surface area is 167 Å². The van der Waals surface area contributed by atoms with Gasteiger partial charge in [0, 0.05) is 17.7 Å². The number of ketones is 1. The molecule has 0 bridgehead atoms. The third kappa shape index (κ3) is 6.13. The van der Waals surface area contributed by atoms with Crippen LogP contribution in [0.25, 0.3) is 0 Å². The number of unbranched alkanes of at least 4 members (excludes halogenated alkanes) is 1. The molecule has 1 aromatic carbocycles. The van der Waals surface area contributed by atoms with E-state index in [0.717, 1.165) is 17.7 Å². The molecule has 0 fully saturated rings. The second kappa shape index (κ2) is 11.2. The fraction of sp³-hybridized carbons (Fsp3) is 0.545. The van der Waals surface area contributed by atoms with E-state index in [2.05, 4.69) is 36.3 Å². The van der Waals surface area contributed by atoms with Crippen molar-refractivity contribution in [2.75, 3.05) is 12.4 Å². The second-order valence-corrected chi connectivity index (χ2v) is 8.00. The molecule has 0 amide bonds. The minimum atomic E-state index is -0.0444. The van der Waals surface area contributed by atoms with Gasteiger partial charge in [0.2, 0.25) is 0 Å². The first-order valence-electron chi connectivity index (χ1n) is 9.97. The van der Waals surface area contributed by atoms with E-state index in [9.17, 15) is 9.90 Å². The number of hydrogen-bond acceptors (Lipinski definition) is 5. The molecule has 1 unspecified atom stereocenters. The maximum absolute atomic E-state index is 12.8. The number of benzene rings is 1. The van der Waals surface area contributed by atoms with E-state index in [1.165, 1.54) is 17.7 Å². The fourth-order valence-electron chi connectivity index (χ4n) is 3.22. The van der Waals surface area contributed by atoms with Gasteiger partial charge in [-0.15, -0.1) is 11.8 Å². The molecule has 1 aliphatic rings. The first-order chi connectivity index (χ1) is 13.1. The van der Waals surface area contributed by atoms with Crippen LogP contribution in [0.2, 0.25) is 0 Å². The average molecular weight is 390 g/mol. The molecular formula is C22H31NO3S. The molecule has 27 heavy (non-hydrogen) atoms. The van der Waals surface area contributed by atoms with E-state index in [1.54, 1.807) is 0 Å². The molecule has 0 heterocycles. The Bertz CT molecular complexity index is 679. The van der Waals surface area contributed by atoms with Gasteiger partial charge in [-0.05, 0) is 49.1 Å². The van der Waals surface area contributed by atoms with Gasteiger partial charge in [-0.3, -0.25) is 4.79 Å². The molecular weight excluding hydrogens is 358 g/mol. The normalized spacial score (nSPS) is 18.1. The quantitative estimate of drug-likeness (QED) is 0.230. The number of Topliss-reactive ketones (excluding diaryl/α,β-unsaturated/α-hetero) is 1. The summed E-state index contributed by atoms with van der Waals surface area (Å²) in [6, 6.07) is 8.42. The van der Waals surface area contributed by atoms with Crippen molar-refractivity contribution in [3.63, 3.8) is 0 Å². The van der Waals surface area contributed by atoms with E-state index in [1.807, 2.05) is 25.6 Å². The molecule has 5 heteroatoms. The summed E-state index contributed by atoms with van der Waals surface area (Å²) in [4.78, 5) is 19.2. The van der Waals surface area contributed by atoms with Crippen LogP contribution in [-0.4, -0.2) is 29.0 Å². The molecule has 0 radical (unpaired) electrons. The number of oxime groups is 1. The van der Waals surface area contributed by atoms with E-state index in [-0.39, 0.29) is 17.5 Å². The van der Waals surface area contributed by atoms with Crippen LogP contribution in [0.1, 0.15) is 70.8 Å². The SMILES string of the molecule is CCCCSc1ccc(C2CC(=O)C(C(CCC)=NOCC)=C(O)C2)cc1. The van der Waals surface area contributed by atoms with Gasteiger partial charge in [-0.2, -0.15) is 0 Å². The summed E-state index contributed by atoms with van der Waals surface area (Å²) >= 11 is 1.86. The maximum Gasteiger partial charge on any atom is 0.168 e. The van der Waals surface area contributed by atoms with E-state index in [4.69, 9.17) is 4.84 Å². The molecule has 148 valence electrons. The Balaban J connectivity index is 2.13. The maximum atomic E-state index is 12.8. The molecule has 4 nitrogen and oxygen atoms in total. The van der Waals surface area contributed by atoms with Crippen LogP contribution in [0.15, 0.2) is 45.6 Å². The summed E-state index contributed by atoms with van der Waals surface area (Å²) in [5, 5.41) is 14.7. The first kappa shape index (κ1) is 21.5. The van der Waals surface area contributed by atoms with Crippen LogP contribution >= 0.6 is 11.8 Å². The summed E-state index contributed by atoms with van der Waals surface area (Å²) < 4.78 is 0. The Kier molecular flexibility index (Phi) is 8.92. The average Bonchev–Trinajstić information content (AvgIpc) is 2.66. The van der Waals surface area contributed by atoms with Crippen LogP contribution in [0.3, 0.4) is 0 Å². The summed E-state index contributed by atoms with van der Waals surface area (Å²) in [7, 11) is 0. The highest BCUT2D eigenvalue weighted by molar-refractivity contribution is 7.99. The zero-order valence-electron chi connectivity index (χ0n) is 16.7. The molecule has 1 N–H and O–H groups in total. The summed E-state index contributed by atoms with van der Waals surface area (Å²) in [6.45, 7) is 6.52. The molecule has 1 aliphatic carbocycles. The number of aliphatic hydroxyl groups is 1. The lowest BCUT2D eigenvalue weighted by Gasteiger charge is -2.24. The van der Waals surface area contributed by atoms with Gasteiger partial charge in [0.05, 0.1) is 11.3 Å². The third-order valence-corrected chi connectivity index (χ3v) is 5.73. The van der Waals surface area contributed by atoms with Gasteiger partial charge in [0.15, 0.2) is 5.78 Å². The highest BCUT2D eigenvalue weighted by atomic mass is 32.2. The van der Waals surface area contributed by atoms with Crippen molar-refractivity contribution in [1.29, 1.82) is 0 Å². The molecule has 1 atom stereocenters. The summed E-state index contributed by atoms with van der Waals surface area (Å²) in [6.07, 6.45) is 4.76. The van der Waals surface area contributed by atoms with Crippen LogP contribution in [0.4, 0.5) is 0 Å². The Morgan fingerprint density at radius 2 is 1.93 bits per heavy atom. The first-order valence-corrected chi connectivity index (χ1v) is 11.0. The minimum Gasteiger partial charge on any atom is -0.511 e. The fourth-order valence-corrected chi connectivity index (χ4v) is 4.22. The van der Waals surface area contributed by atoms with Crippen molar-refractivity contribution in [3.8, 4) is 0 Å². The Hall–Kier alpha value is -1.75. The van der Waals surface area contributed by atoms with Crippen molar-refractivity contribution >= 4 is 23.3 Å². The van der Waals surface area contributed by atoms with E-state index >= 15 is 0 Å². The predicted molar refractivity (Wildman–Crippen MR) is 113 cm³/mol. The lowest BCUT2D eigenvalue weighted by Crippen LogP contribution is -2.24. The molecule has 1 aromatic rings. The van der Waals surface area contributed by atoms with E-state index in [0.29, 0.717) is 37.2 Å². The highest BCUT2D eigenvalue weighted by Gasteiger charge is 2.31. The standard InChI is InChI=1S/C22H31NO3S/c1-4-7-13-27-18-11-9-16(10-12-18)17-14-20(24)22(21(25)15-17)19(8-5-2)23-26-6-3/h9-12,17,24H,4-8,13-15H2,1-3H3. The smallest absolute Gasteiger partial charge is 0.168 e. The lowest BCUT2D eigenvalue weighted by atomic mass is 9.81. The number of hydrogen-bond donors (Lipinski definition) is 1. The van der Waals surface area contributed by atoms with Crippen molar-refractivity contribution in [2.24, 2.45) is 5.16 Å². The third-order valence-electron chi connectivity index (χ3n) is 4.64. The molecule has 0 saturated carbocycles. The van der Waals surface area contributed by atoms with Gasteiger partial charge >= 0.3 is 0 Å². The van der Waals surface area contributed by atoms with Crippen molar-refractivity contribution in [3.05, 3.63) is 41.2 Å². The number of rotatable bonds is 10. The number of allylic oxidation sites excluding steroid dienone is 2. The zero-order valence-corrected chi connectivity index (χ0v) is 17.5. The van der Waals surface area contributed by atoms with Crippen molar-refractivity contribution in [2.45, 2.75) is 70.1 Å². The van der Waals surface area contributed by atoms with Gasteiger partial charge in [-0.1, -0.05) is 44.0 Å². The van der Waals surface area contributed by atoms with E-state index < -0.39 is 0 Å². The van der Waals surface area contributed by atoms with Gasteiger partial charge in [0.1, 0.15) is 12.4 Å². The Morgan fingerprint density at radius 3 is 2.52 bits per heavy atom. The van der Waals surface area contributed by atoms with Crippen LogP contribution < -0.4 is 0 Å².